The van der Waals surface area contributed by atoms with Crippen LogP contribution >= 0.6 is 0 Å². The second-order valence-corrected chi connectivity index (χ2v) is 10.8. The Balaban J connectivity index is 1.49. The second-order valence-electron chi connectivity index (χ2n) is 9.10. The molecule has 38 heavy (non-hydrogen) atoms. The molecule has 0 bridgehead atoms. The maximum absolute atomic E-state index is 13.4. The van der Waals surface area contributed by atoms with Crippen LogP contribution in [0.2, 0.25) is 0 Å². The van der Waals surface area contributed by atoms with Crippen molar-refractivity contribution in [2.75, 3.05) is 0 Å². The summed E-state index contributed by atoms with van der Waals surface area (Å²) in [5.74, 6) is -0.608. The Morgan fingerprint density at radius 3 is 2.21 bits per heavy atom. The van der Waals surface area contributed by atoms with Crippen molar-refractivity contribution in [2.45, 2.75) is 31.2 Å². The number of rotatable bonds is 7. The number of fused-ring (bicyclic) bond motifs is 3. The molecular formula is C30H25NO6S. The molecule has 1 aromatic heterocycles. The molecule has 1 atom stereocenters. The highest BCUT2D eigenvalue weighted by Gasteiger charge is 2.28. The fourth-order valence-corrected chi connectivity index (χ4v) is 5.53. The average Bonchev–Trinajstić information content (AvgIpc) is 2.91. The van der Waals surface area contributed by atoms with Gasteiger partial charge in [-0.3, -0.25) is 0 Å². The lowest BCUT2D eigenvalue weighted by molar-refractivity contribution is -0.136. The number of benzene rings is 4. The van der Waals surface area contributed by atoms with Gasteiger partial charge in [-0.2, -0.15) is 4.72 Å². The van der Waals surface area contributed by atoms with Crippen LogP contribution in [0, 0.1) is 13.8 Å². The lowest BCUT2D eigenvalue weighted by Crippen LogP contribution is -2.44. The van der Waals surface area contributed by atoms with Crippen molar-refractivity contribution in [1.82, 2.24) is 4.72 Å². The zero-order valence-electron chi connectivity index (χ0n) is 20.8. The Hall–Kier alpha value is -4.27. The summed E-state index contributed by atoms with van der Waals surface area (Å²) in [6.45, 7) is 3.54. The third-order valence-electron chi connectivity index (χ3n) is 6.39. The third-order valence-corrected chi connectivity index (χ3v) is 7.88. The Morgan fingerprint density at radius 1 is 0.842 bits per heavy atom. The van der Waals surface area contributed by atoms with E-state index in [4.69, 9.17) is 9.15 Å². The molecular weight excluding hydrogens is 502 g/mol. The monoisotopic (exact) mass is 527 g/mol. The van der Waals surface area contributed by atoms with Crippen molar-refractivity contribution in [3.8, 4) is 5.75 Å². The number of carbonyl (C=O) groups is 1. The predicted octanol–water partition coefficient (Wildman–Crippen LogP) is 5.06. The van der Waals surface area contributed by atoms with Crippen LogP contribution in [0.1, 0.15) is 16.7 Å². The van der Waals surface area contributed by atoms with E-state index in [9.17, 15) is 18.0 Å². The number of sulfonamides is 1. The summed E-state index contributed by atoms with van der Waals surface area (Å²) in [4.78, 5) is 26.0. The van der Waals surface area contributed by atoms with Gasteiger partial charge in [0.1, 0.15) is 17.4 Å². The molecule has 192 valence electrons. The van der Waals surface area contributed by atoms with E-state index in [0.29, 0.717) is 21.9 Å². The second kappa shape index (κ2) is 10.2. The molecule has 8 heteroatoms. The van der Waals surface area contributed by atoms with Crippen LogP contribution in [-0.4, -0.2) is 20.4 Å². The van der Waals surface area contributed by atoms with Crippen molar-refractivity contribution in [1.29, 1.82) is 0 Å². The minimum Gasteiger partial charge on any atom is -0.425 e. The van der Waals surface area contributed by atoms with E-state index >= 15 is 0 Å². The number of carbonyl (C=O) groups excluding carboxylic acids is 1. The smallest absolute Gasteiger partial charge is 0.344 e. The molecule has 0 radical (unpaired) electrons. The minimum absolute atomic E-state index is 0.0458. The topological polar surface area (TPSA) is 103 Å². The van der Waals surface area contributed by atoms with Crippen molar-refractivity contribution in [3.05, 3.63) is 118 Å². The summed E-state index contributed by atoms with van der Waals surface area (Å²) in [5, 5.41) is 1.89. The van der Waals surface area contributed by atoms with Crippen LogP contribution in [0.5, 0.6) is 5.75 Å². The Morgan fingerprint density at radius 2 is 1.50 bits per heavy atom. The van der Waals surface area contributed by atoms with Crippen molar-refractivity contribution < 1.29 is 22.4 Å². The van der Waals surface area contributed by atoms with Gasteiger partial charge >= 0.3 is 11.6 Å². The molecule has 1 heterocycles. The molecule has 0 spiro atoms. The number of nitrogens with one attached hydrogen (secondary N) is 1. The fraction of sp³-hybridized carbons (Fsp3) is 0.133. The number of ether oxygens (including phenoxy) is 1. The van der Waals surface area contributed by atoms with E-state index in [1.807, 2.05) is 49.4 Å². The van der Waals surface area contributed by atoms with Crippen LogP contribution in [0.15, 0.2) is 105 Å². The molecule has 0 aliphatic heterocycles. The normalized spacial score (nSPS) is 12.5. The van der Waals surface area contributed by atoms with E-state index < -0.39 is 27.7 Å². The molecule has 1 N–H and O–H groups in total. The number of hydrogen-bond donors (Lipinski definition) is 1. The zero-order chi connectivity index (χ0) is 26.9. The van der Waals surface area contributed by atoms with Gasteiger partial charge in [-0.1, -0.05) is 66.2 Å². The highest BCUT2D eigenvalue weighted by atomic mass is 32.2. The van der Waals surface area contributed by atoms with Gasteiger partial charge in [-0.25, -0.2) is 18.0 Å². The van der Waals surface area contributed by atoms with Crippen LogP contribution in [0.4, 0.5) is 0 Å². The molecule has 0 saturated heterocycles. The van der Waals surface area contributed by atoms with E-state index in [1.165, 1.54) is 12.1 Å². The largest absolute Gasteiger partial charge is 0.425 e. The summed E-state index contributed by atoms with van der Waals surface area (Å²) in [6, 6.07) is 24.7. The number of hydrogen-bond acceptors (Lipinski definition) is 6. The van der Waals surface area contributed by atoms with Gasteiger partial charge in [0, 0.05) is 10.9 Å². The standard InChI is InChI=1S/C30H25NO6S/c1-19-12-14-22(15-13-19)38(34,35)31-26(18-21-8-4-3-5-9-21)30(33)36-27-17-16-24-23-10-6-7-11-25(23)29(32)37-28(24)20(27)2/h3-17,26,31H,18H2,1-2H3/t26-/m0/s1. The van der Waals surface area contributed by atoms with Crippen LogP contribution < -0.4 is 15.1 Å². The van der Waals surface area contributed by atoms with E-state index in [1.54, 1.807) is 43.3 Å². The minimum atomic E-state index is -4.02. The highest BCUT2D eigenvalue weighted by Crippen LogP contribution is 2.31. The van der Waals surface area contributed by atoms with Crippen molar-refractivity contribution in [3.63, 3.8) is 0 Å². The Bertz CT molecular complexity index is 1810. The Labute approximate surface area is 219 Å². The lowest BCUT2D eigenvalue weighted by Gasteiger charge is -2.19. The SMILES string of the molecule is Cc1ccc(S(=O)(=O)N[C@@H](Cc2ccccc2)C(=O)Oc2ccc3c(oc(=O)c4ccccc43)c2C)cc1. The number of aryl methyl sites for hydroxylation is 2. The molecule has 0 aliphatic rings. The molecule has 5 rings (SSSR count). The quantitative estimate of drug-likeness (QED) is 0.137. The van der Waals surface area contributed by atoms with Gasteiger partial charge in [0.2, 0.25) is 10.0 Å². The summed E-state index contributed by atoms with van der Waals surface area (Å²) in [5.41, 5.74) is 1.94. The zero-order valence-corrected chi connectivity index (χ0v) is 21.6. The molecule has 0 unspecified atom stereocenters. The first-order chi connectivity index (χ1) is 18.2. The number of esters is 1. The van der Waals surface area contributed by atoms with E-state index in [0.717, 1.165) is 16.5 Å². The average molecular weight is 528 g/mol. The molecule has 0 fully saturated rings. The van der Waals surface area contributed by atoms with Gasteiger partial charge < -0.3 is 9.15 Å². The summed E-state index contributed by atoms with van der Waals surface area (Å²) in [6.07, 6.45) is 0.0805. The predicted molar refractivity (Wildman–Crippen MR) is 146 cm³/mol. The first-order valence-electron chi connectivity index (χ1n) is 12.0. The third kappa shape index (κ3) is 5.09. The summed E-state index contributed by atoms with van der Waals surface area (Å²) in [7, 11) is -4.02. The Kier molecular flexibility index (Phi) is 6.84. The first kappa shape index (κ1) is 25.4. The molecule has 5 aromatic rings. The molecule has 7 nitrogen and oxygen atoms in total. The maximum Gasteiger partial charge on any atom is 0.344 e. The molecule has 4 aromatic carbocycles. The van der Waals surface area contributed by atoms with E-state index in [-0.39, 0.29) is 17.1 Å². The van der Waals surface area contributed by atoms with E-state index in [2.05, 4.69) is 4.72 Å². The van der Waals surface area contributed by atoms with Crippen LogP contribution in [-0.2, 0) is 21.2 Å². The summed E-state index contributed by atoms with van der Waals surface area (Å²) < 4.78 is 40.1. The van der Waals surface area contributed by atoms with Crippen molar-refractivity contribution >= 4 is 37.7 Å². The van der Waals surface area contributed by atoms with Crippen LogP contribution in [0.3, 0.4) is 0 Å². The van der Waals surface area contributed by atoms with Gasteiger partial charge in [0.15, 0.2) is 0 Å². The van der Waals surface area contributed by atoms with Gasteiger partial charge in [0.25, 0.3) is 0 Å². The fourth-order valence-electron chi connectivity index (χ4n) is 4.35. The highest BCUT2D eigenvalue weighted by molar-refractivity contribution is 7.89. The van der Waals surface area contributed by atoms with Gasteiger partial charge in [-0.15, -0.1) is 0 Å². The summed E-state index contributed by atoms with van der Waals surface area (Å²) >= 11 is 0. The lowest BCUT2D eigenvalue weighted by atomic mass is 10.0. The van der Waals surface area contributed by atoms with Gasteiger partial charge in [-0.05, 0) is 61.5 Å². The molecule has 0 aliphatic carbocycles. The molecule has 0 saturated carbocycles. The first-order valence-corrected chi connectivity index (χ1v) is 13.5. The van der Waals surface area contributed by atoms with Gasteiger partial charge in [0.05, 0.1) is 10.3 Å². The maximum atomic E-state index is 13.4. The van der Waals surface area contributed by atoms with Crippen molar-refractivity contribution in [2.24, 2.45) is 0 Å². The van der Waals surface area contributed by atoms with Crippen LogP contribution in [0.25, 0.3) is 21.7 Å². The molecule has 0 amide bonds.